The van der Waals surface area contributed by atoms with Crippen LogP contribution in [0.15, 0.2) is 42.5 Å². The Balaban J connectivity index is 1.94. The zero-order valence-corrected chi connectivity index (χ0v) is 16.0. The van der Waals surface area contributed by atoms with Gasteiger partial charge >= 0.3 is 5.97 Å². The average molecular weight is 388 g/mol. The van der Waals surface area contributed by atoms with Gasteiger partial charge in [-0.15, -0.1) is 0 Å². The van der Waals surface area contributed by atoms with Crippen LogP contribution in [0.3, 0.4) is 0 Å². The molecule has 2 N–H and O–H groups in total. The zero-order valence-electron chi connectivity index (χ0n) is 16.0. The predicted molar refractivity (Wildman–Crippen MR) is 108 cm³/mol. The van der Waals surface area contributed by atoms with E-state index >= 15 is 0 Å². The number of aromatic hydroxyl groups is 1. The number of hydrogen-bond acceptors (Lipinski definition) is 5. The maximum atomic E-state index is 12.3. The minimum Gasteiger partial charge on any atom is -0.504 e. The number of rotatable bonds is 7. The number of hydrogen-bond donors (Lipinski definition) is 2. The van der Waals surface area contributed by atoms with Crippen molar-refractivity contribution >= 4 is 22.7 Å². The molecule has 0 aliphatic heterocycles. The van der Waals surface area contributed by atoms with E-state index in [1.165, 1.54) is 11.1 Å². The van der Waals surface area contributed by atoms with Gasteiger partial charge in [0.25, 0.3) is 0 Å². The monoisotopic (exact) mass is 388 g/mol. The van der Waals surface area contributed by atoms with Crippen LogP contribution in [-0.2, 0) is 17.6 Å². The summed E-state index contributed by atoms with van der Waals surface area (Å²) in [5, 5.41) is 29.0. The van der Waals surface area contributed by atoms with Gasteiger partial charge in [-0.2, -0.15) is 5.26 Å². The van der Waals surface area contributed by atoms with Crippen LogP contribution in [0, 0.1) is 18.3 Å². The van der Waals surface area contributed by atoms with Crippen molar-refractivity contribution in [2.45, 2.75) is 32.6 Å². The van der Waals surface area contributed by atoms with Crippen molar-refractivity contribution in [2.24, 2.45) is 0 Å². The highest BCUT2D eigenvalue weighted by atomic mass is 16.4. The molecular weight excluding hydrogens is 368 g/mol. The summed E-state index contributed by atoms with van der Waals surface area (Å²) in [6.07, 6.45) is 0.933. The Morgan fingerprint density at radius 1 is 1.07 bits per heavy atom. The SMILES string of the molecule is Cc1cccc(CCc2ccc3c(C#N)c(O)c(C(=O)CCC(=O)O)nc3c2)c1. The molecule has 2 aromatic carbocycles. The maximum absolute atomic E-state index is 12.3. The summed E-state index contributed by atoms with van der Waals surface area (Å²) in [5.74, 6) is -2.21. The first kappa shape index (κ1) is 20.0. The molecule has 3 rings (SSSR count). The van der Waals surface area contributed by atoms with Crippen molar-refractivity contribution in [1.29, 1.82) is 5.26 Å². The predicted octanol–water partition coefficient (Wildman–Crippen LogP) is 3.95. The summed E-state index contributed by atoms with van der Waals surface area (Å²) >= 11 is 0. The first-order valence-electron chi connectivity index (χ1n) is 9.25. The van der Waals surface area contributed by atoms with E-state index in [1.807, 2.05) is 31.2 Å². The van der Waals surface area contributed by atoms with Crippen LogP contribution in [0.4, 0.5) is 0 Å². The van der Waals surface area contributed by atoms with Gasteiger partial charge in [0.1, 0.15) is 17.3 Å². The standard InChI is InChI=1S/C23H20N2O4/c1-14-3-2-4-15(11-14)5-6-16-7-8-17-18(13-24)23(29)22(25-19(17)12-16)20(26)9-10-21(27)28/h2-4,7-8,11-12,29H,5-6,9-10H2,1H3,(H,27,28). The molecule has 0 spiro atoms. The van der Waals surface area contributed by atoms with Crippen LogP contribution in [0.5, 0.6) is 5.75 Å². The Bertz CT molecular complexity index is 1150. The molecule has 0 unspecified atom stereocenters. The van der Waals surface area contributed by atoms with Gasteiger partial charge in [-0.25, -0.2) is 4.98 Å². The van der Waals surface area contributed by atoms with Crippen LogP contribution >= 0.6 is 0 Å². The molecule has 0 bridgehead atoms. The molecule has 0 atom stereocenters. The number of carboxylic acids is 1. The topological polar surface area (TPSA) is 111 Å². The number of carbonyl (C=O) groups excluding carboxylic acids is 1. The Kier molecular flexibility index (Phi) is 5.89. The van der Waals surface area contributed by atoms with E-state index in [2.05, 4.69) is 17.1 Å². The molecule has 6 nitrogen and oxygen atoms in total. The normalized spacial score (nSPS) is 10.6. The van der Waals surface area contributed by atoms with Crippen molar-refractivity contribution in [1.82, 2.24) is 4.98 Å². The number of aromatic nitrogens is 1. The van der Waals surface area contributed by atoms with Crippen molar-refractivity contribution in [3.05, 3.63) is 70.4 Å². The third kappa shape index (κ3) is 4.58. The van der Waals surface area contributed by atoms with E-state index in [9.17, 15) is 20.0 Å². The van der Waals surface area contributed by atoms with Crippen LogP contribution < -0.4 is 0 Å². The molecule has 0 radical (unpaired) electrons. The molecule has 1 aromatic heterocycles. The number of Topliss-reactive ketones (excluding diaryl/α,β-unsaturated/α-hetero) is 1. The lowest BCUT2D eigenvalue weighted by Gasteiger charge is -2.10. The smallest absolute Gasteiger partial charge is 0.303 e. The van der Waals surface area contributed by atoms with Gasteiger partial charge in [0.05, 0.1) is 11.9 Å². The van der Waals surface area contributed by atoms with E-state index in [0.29, 0.717) is 10.9 Å². The number of carbonyl (C=O) groups is 2. The minimum atomic E-state index is -1.11. The Morgan fingerprint density at radius 3 is 2.45 bits per heavy atom. The lowest BCUT2D eigenvalue weighted by atomic mass is 9.99. The number of benzene rings is 2. The van der Waals surface area contributed by atoms with Crippen LogP contribution in [0.1, 0.15) is 45.6 Å². The summed E-state index contributed by atoms with van der Waals surface area (Å²) in [6.45, 7) is 2.04. The van der Waals surface area contributed by atoms with Gasteiger partial charge in [-0.1, -0.05) is 42.0 Å². The van der Waals surface area contributed by atoms with E-state index in [4.69, 9.17) is 5.11 Å². The van der Waals surface area contributed by atoms with Crippen molar-refractivity contribution in [2.75, 3.05) is 0 Å². The summed E-state index contributed by atoms with van der Waals surface area (Å²) in [7, 11) is 0. The molecule has 0 saturated heterocycles. The highest BCUT2D eigenvalue weighted by molar-refractivity contribution is 6.02. The molecule has 0 saturated carbocycles. The van der Waals surface area contributed by atoms with Gasteiger partial charge in [-0.05, 0) is 37.0 Å². The average Bonchev–Trinajstić information content (AvgIpc) is 2.70. The number of ketones is 1. The fourth-order valence-electron chi connectivity index (χ4n) is 3.26. The number of nitriles is 1. The number of pyridine rings is 1. The van der Waals surface area contributed by atoms with E-state index in [0.717, 1.165) is 18.4 Å². The van der Waals surface area contributed by atoms with Gasteiger partial charge < -0.3 is 10.2 Å². The maximum Gasteiger partial charge on any atom is 0.303 e. The molecule has 0 aliphatic carbocycles. The van der Waals surface area contributed by atoms with Gasteiger partial charge in [0, 0.05) is 11.8 Å². The first-order valence-corrected chi connectivity index (χ1v) is 9.25. The fraction of sp³-hybridized carbons (Fsp3) is 0.217. The van der Waals surface area contributed by atoms with Crippen molar-refractivity contribution in [3.63, 3.8) is 0 Å². The highest BCUT2D eigenvalue weighted by Gasteiger charge is 2.20. The highest BCUT2D eigenvalue weighted by Crippen LogP contribution is 2.30. The quantitative estimate of drug-likeness (QED) is 0.593. The number of carboxylic acid groups (broad SMARTS) is 1. The van der Waals surface area contributed by atoms with Crippen molar-refractivity contribution < 1.29 is 19.8 Å². The van der Waals surface area contributed by atoms with Gasteiger partial charge in [0.2, 0.25) is 0 Å². The molecule has 146 valence electrons. The lowest BCUT2D eigenvalue weighted by Crippen LogP contribution is -2.07. The van der Waals surface area contributed by atoms with Crippen LogP contribution in [0.2, 0.25) is 0 Å². The number of aliphatic carboxylic acids is 1. The number of aryl methyl sites for hydroxylation is 3. The fourth-order valence-corrected chi connectivity index (χ4v) is 3.26. The summed E-state index contributed by atoms with van der Waals surface area (Å²) in [4.78, 5) is 27.3. The molecule has 29 heavy (non-hydrogen) atoms. The van der Waals surface area contributed by atoms with E-state index < -0.39 is 17.5 Å². The van der Waals surface area contributed by atoms with Crippen molar-refractivity contribution in [3.8, 4) is 11.8 Å². The molecule has 3 aromatic rings. The second-order valence-electron chi connectivity index (χ2n) is 6.95. The van der Waals surface area contributed by atoms with E-state index in [-0.39, 0.29) is 24.1 Å². The summed E-state index contributed by atoms with van der Waals surface area (Å²) in [5.41, 5.74) is 3.54. The summed E-state index contributed by atoms with van der Waals surface area (Å²) in [6, 6.07) is 15.6. The van der Waals surface area contributed by atoms with Crippen LogP contribution in [-0.4, -0.2) is 26.9 Å². The summed E-state index contributed by atoms with van der Waals surface area (Å²) < 4.78 is 0. The molecule has 0 aliphatic rings. The minimum absolute atomic E-state index is 0.0288. The zero-order chi connectivity index (χ0) is 21.0. The van der Waals surface area contributed by atoms with Gasteiger partial charge in [0.15, 0.2) is 11.5 Å². The Hall–Kier alpha value is -3.72. The lowest BCUT2D eigenvalue weighted by molar-refractivity contribution is -0.136. The largest absolute Gasteiger partial charge is 0.504 e. The van der Waals surface area contributed by atoms with E-state index in [1.54, 1.807) is 12.1 Å². The molecule has 1 heterocycles. The molecular formula is C23H20N2O4. The number of nitrogens with zero attached hydrogens (tertiary/aromatic N) is 2. The van der Waals surface area contributed by atoms with Crippen LogP contribution in [0.25, 0.3) is 10.9 Å². The van der Waals surface area contributed by atoms with Gasteiger partial charge in [-0.3, -0.25) is 9.59 Å². The Labute approximate surface area is 168 Å². The molecule has 0 fully saturated rings. The Morgan fingerprint density at radius 2 is 1.79 bits per heavy atom. The second kappa shape index (κ2) is 8.53. The number of fused-ring (bicyclic) bond motifs is 1. The molecule has 6 heteroatoms. The third-order valence-electron chi connectivity index (χ3n) is 4.75. The first-order chi connectivity index (χ1) is 13.9. The third-order valence-corrected chi connectivity index (χ3v) is 4.75. The molecule has 0 amide bonds. The second-order valence-corrected chi connectivity index (χ2v) is 6.95.